The van der Waals surface area contributed by atoms with Crippen LogP contribution < -0.4 is 5.32 Å². The monoisotopic (exact) mass is 254 g/mol. The molecule has 3 fully saturated rings. The van der Waals surface area contributed by atoms with Gasteiger partial charge in [-0.3, -0.25) is 4.90 Å². The van der Waals surface area contributed by atoms with Crippen molar-refractivity contribution in [1.29, 1.82) is 0 Å². The lowest BCUT2D eigenvalue weighted by Crippen LogP contribution is -2.58. The average Bonchev–Trinajstić information content (AvgIpc) is 3.00. The van der Waals surface area contributed by atoms with Crippen molar-refractivity contribution in [3.8, 4) is 0 Å². The fourth-order valence-corrected chi connectivity index (χ4v) is 5.83. The van der Waals surface area contributed by atoms with E-state index in [1.807, 2.05) is 0 Å². The van der Waals surface area contributed by atoms with E-state index in [0.717, 1.165) is 12.0 Å². The Balaban J connectivity index is 1.71. The predicted molar refractivity (Wildman–Crippen MR) is 77.5 cm³/mol. The first kappa shape index (κ1) is 10.7. The molecule has 19 heavy (non-hydrogen) atoms. The van der Waals surface area contributed by atoms with Crippen LogP contribution in [0, 0.1) is 5.92 Å². The van der Waals surface area contributed by atoms with Gasteiger partial charge in [0, 0.05) is 23.2 Å². The third kappa shape index (κ3) is 1.17. The highest BCUT2D eigenvalue weighted by Crippen LogP contribution is 2.58. The summed E-state index contributed by atoms with van der Waals surface area (Å²) >= 11 is 0. The summed E-state index contributed by atoms with van der Waals surface area (Å²) in [7, 11) is 0. The van der Waals surface area contributed by atoms with Crippen LogP contribution in [-0.4, -0.2) is 30.1 Å². The number of para-hydroxylation sites is 1. The molecule has 3 aliphatic heterocycles. The number of nitrogens with one attached hydrogen (secondary N) is 1. The van der Waals surface area contributed by atoms with Crippen molar-refractivity contribution >= 4 is 5.69 Å². The van der Waals surface area contributed by atoms with E-state index in [1.54, 1.807) is 5.56 Å². The molecule has 2 heteroatoms. The first-order valence-electron chi connectivity index (χ1n) is 8.00. The normalized spacial score (nSPS) is 43.3. The van der Waals surface area contributed by atoms with Gasteiger partial charge in [-0.25, -0.2) is 0 Å². The molecular weight excluding hydrogens is 232 g/mol. The maximum Gasteiger partial charge on any atom is 0.0382 e. The van der Waals surface area contributed by atoms with Gasteiger partial charge in [0.25, 0.3) is 0 Å². The van der Waals surface area contributed by atoms with Crippen LogP contribution in [0.3, 0.4) is 0 Å². The molecule has 1 aromatic carbocycles. The maximum absolute atomic E-state index is 3.86. The van der Waals surface area contributed by atoms with Gasteiger partial charge in [-0.05, 0) is 62.7 Å². The minimum atomic E-state index is 0.444. The molecule has 4 aliphatic rings. The minimum absolute atomic E-state index is 0.444. The molecule has 1 unspecified atom stereocenters. The highest BCUT2D eigenvalue weighted by atomic mass is 15.2. The molecule has 0 bridgehead atoms. The van der Waals surface area contributed by atoms with Gasteiger partial charge in [0.05, 0.1) is 0 Å². The summed E-state index contributed by atoms with van der Waals surface area (Å²) in [4.78, 5) is 2.82. The Labute approximate surface area is 115 Å². The van der Waals surface area contributed by atoms with Crippen molar-refractivity contribution in [2.45, 2.75) is 49.6 Å². The number of fused-ring (bicyclic) bond motifs is 1. The molecule has 0 aromatic heterocycles. The Bertz CT molecular complexity index is 526. The van der Waals surface area contributed by atoms with E-state index >= 15 is 0 Å². The van der Waals surface area contributed by atoms with Gasteiger partial charge in [0.1, 0.15) is 0 Å². The first-order valence-corrected chi connectivity index (χ1v) is 8.00. The standard InChI is InChI=1S/C17H22N2/c1-2-6-14-13(5-1)17-9-11-19-10-3-4-12(16(17)19)7-8-15(17)18-14/h1-2,5-6,12,15-16,18H,3-4,7-11H2/t12-,15-,16-,17?/m0/s1. The number of hydrogen-bond donors (Lipinski definition) is 1. The van der Waals surface area contributed by atoms with Gasteiger partial charge >= 0.3 is 0 Å². The van der Waals surface area contributed by atoms with Crippen LogP contribution in [-0.2, 0) is 5.41 Å². The Morgan fingerprint density at radius 2 is 2.05 bits per heavy atom. The highest BCUT2D eigenvalue weighted by molar-refractivity contribution is 5.64. The van der Waals surface area contributed by atoms with Crippen LogP contribution in [0.1, 0.15) is 37.7 Å². The van der Waals surface area contributed by atoms with Gasteiger partial charge in [-0.1, -0.05) is 18.2 Å². The van der Waals surface area contributed by atoms with E-state index in [9.17, 15) is 0 Å². The number of nitrogens with zero attached hydrogens (tertiary/aromatic N) is 1. The fourth-order valence-electron chi connectivity index (χ4n) is 5.83. The lowest BCUT2D eigenvalue weighted by Gasteiger charge is -2.50. The summed E-state index contributed by atoms with van der Waals surface area (Å²) in [5.41, 5.74) is 3.51. The zero-order valence-corrected chi connectivity index (χ0v) is 11.4. The van der Waals surface area contributed by atoms with Crippen LogP contribution in [0.4, 0.5) is 5.69 Å². The Kier molecular flexibility index (Phi) is 2.00. The second-order valence-corrected chi connectivity index (χ2v) is 6.99. The second kappa shape index (κ2) is 3.54. The topological polar surface area (TPSA) is 15.3 Å². The molecule has 1 N–H and O–H groups in total. The van der Waals surface area contributed by atoms with Crippen molar-refractivity contribution in [1.82, 2.24) is 4.90 Å². The molecule has 1 saturated carbocycles. The molecule has 1 aliphatic carbocycles. The Morgan fingerprint density at radius 1 is 1.11 bits per heavy atom. The van der Waals surface area contributed by atoms with Gasteiger partial charge in [0.15, 0.2) is 0 Å². The zero-order valence-electron chi connectivity index (χ0n) is 11.4. The molecular formula is C17H22N2. The van der Waals surface area contributed by atoms with Crippen LogP contribution >= 0.6 is 0 Å². The summed E-state index contributed by atoms with van der Waals surface area (Å²) in [6, 6.07) is 10.7. The van der Waals surface area contributed by atoms with Gasteiger partial charge in [-0.2, -0.15) is 0 Å². The summed E-state index contributed by atoms with van der Waals surface area (Å²) in [6.45, 7) is 2.67. The molecule has 2 nitrogen and oxygen atoms in total. The molecule has 1 aromatic rings. The number of piperidine rings is 1. The van der Waals surface area contributed by atoms with Gasteiger partial charge in [0.2, 0.25) is 0 Å². The molecule has 100 valence electrons. The quantitative estimate of drug-likeness (QED) is 0.765. The molecule has 3 heterocycles. The van der Waals surface area contributed by atoms with E-state index < -0.39 is 0 Å². The zero-order chi connectivity index (χ0) is 12.4. The molecule has 0 amide bonds. The van der Waals surface area contributed by atoms with Crippen LogP contribution in [0.25, 0.3) is 0 Å². The number of rotatable bonds is 0. The molecule has 0 radical (unpaired) electrons. The number of benzene rings is 1. The van der Waals surface area contributed by atoms with Crippen molar-refractivity contribution in [3.05, 3.63) is 29.8 Å². The van der Waals surface area contributed by atoms with E-state index in [2.05, 4.69) is 34.5 Å². The summed E-state index contributed by atoms with van der Waals surface area (Å²) in [5, 5.41) is 3.86. The van der Waals surface area contributed by atoms with Crippen molar-refractivity contribution in [3.63, 3.8) is 0 Å². The fraction of sp³-hybridized carbons (Fsp3) is 0.647. The van der Waals surface area contributed by atoms with E-state index in [0.29, 0.717) is 11.5 Å². The summed E-state index contributed by atoms with van der Waals surface area (Å²) in [5.74, 6) is 0.959. The van der Waals surface area contributed by atoms with E-state index in [4.69, 9.17) is 0 Å². The van der Waals surface area contributed by atoms with Gasteiger partial charge in [-0.15, -0.1) is 0 Å². The molecule has 2 saturated heterocycles. The van der Waals surface area contributed by atoms with E-state index in [-0.39, 0.29) is 0 Å². The van der Waals surface area contributed by atoms with Crippen LogP contribution in [0.5, 0.6) is 0 Å². The summed E-state index contributed by atoms with van der Waals surface area (Å²) in [6.07, 6.45) is 7.09. The molecule has 1 spiro atoms. The van der Waals surface area contributed by atoms with Crippen molar-refractivity contribution in [2.75, 3.05) is 18.4 Å². The SMILES string of the molecule is c1ccc2c(c1)N[C@H]1CC[C@@H]3CCCN4CCC21[C@H]34. The molecule has 4 atom stereocenters. The number of hydrogen-bond acceptors (Lipinski definition) is 2. The molecule has 5 rings (SSSR count). The highest BCUT2D eigenvalue weighted by Gasteiger charge is 2.61. The maximum atomic E-state index is 3.86. The van der Waals surface area contributed by atoms with Crippen molar-refractivity contribution in [2.24, 2.45) is 5.92 Å². The smallest absolute Gasteiger partial charge is 0.0382 e. The third-order valence-electron chi connectivity index (χ3n) is 6.41. The average molecular weight is 254 g/mol. The minimum Gasteiger partial charge on any atom is -0.381 e. The predicted octanol–water partition coefficient (Wildman–Crippen LogP) is 3.00. The number of anilines is 1. The second-order valence-electron chi connectivity index (χ2n) is 6.99. The first-order chi connectivity index (χ1) is 9.39. The van der Waals surface area contributed by atoms with Crippen LogP contribution in [0.2, 0.25) is 0 Å². The van der Waals surface area contributed by atoms with E-state index in [1.165, 1.54) is 50.9 Å². The van der Waals surface area contributed by atoms with Gasteiger partial charge < -0.3 is 5.32 Å². The third-order valence-corrected chi connectivity index (χ3v) is 6.41. The Hall–Kier alpha value is -1.02. The van der Waals surface area contributed by atoms with Crippen molar-refractivity contribution < 1.29 is 0 Å². The lowest BCUT2D eigenvalue weighted by atomic mass is 9.60. The summed E-state index contributed by atoms with van der Waals surface area (Å²) < 4.78 is 0. The lowest BCUT2D eigenvalue weighted by molar-refractivity contribution is 0.0548. The largest absolute Gasteiger partial charge is 0.381 e. The Morgan fingerprint density at radius 3 is 3.05 bits per heavy atom. The van der Waals surface area contributed by atoms with Crippen LogP contribution in [0.15, 0.2) is 24.3 Å².